The number of nitrogens with zero attached hydrogens (tertiary/aromatic N) is 2. The molecular formula is C14H9Br2N3O2S. The van der Waals surface area contributed by atoms with Gasteiger partial charge in [0.05, 0.1) is 11.1 Å². The van der Waals surface area contributed by atoms with Crippen LogP contribution in [0, 0.1) is 0 Å². The van der Waals surface area contributed by atoms with E-state index in [1.807, 2.05) is 18.2 Å². The maximum Gasteiger partial charge on any atom is 0.263 e. The van der Waals surface area contributed by atoms with Crippen LogP contribution in [-0.4, -0.2) is 18.4 Å². The Morgan fingerprint density at radius 1 is 1.00 bits per heavy atom. The first-order chi connectivity index (χ1) is 10.5. The van der Waals surface area contributed by atoms with Crippen LogP contribution in [0.5, 0.6) is 0 Å². The highest BCUT2D eigenvalue weighted by Gasteiger charge is 2.19. The number of rotatable bonds is 3. The number of nitrogens with one attached hydrogen (secondary N) is 1. The molecule has 112 valence electrons. The van der Waals surface area contributed by atoms with Gasteiger partial charge >= 0.3 is 0 Å². The zero-order chi connectivity index (χ0) is 15.7. The minimum Gasteiger partial charge on any atom is -0.261 e. The molecule has 1 aromatic heterocycles. The van der Waals surface area contributed by atoms with Crippen LogP contribution in [0.1, 0.15) is 0 Å². The van der Waals surface area contributed by atoms with Gasteiger partial charge in [-0.25, -0.2) is 18.4 Å². The molecule has 0 fully saturated rings. The summed E-state index contributed by atoms with van der Waals surface area (Å²) in [6, 6.07) is 12.4. The predicted molar refractivity (Wildman–Crippen MR) is 92.2 cm³/mol. The van der Waals surface area contributed by atoms with Crippen LogP contribution in [0.25, 0.3) is 10.8 Å². The van der Waals surface area contributed by atoms with Gasteiger partial charge in [0.15, 0.2) is 10.4 Å². The molecular weight excluding hydrogens is 434 g/mol. The molecule has 0 saturated heterocycles. The molecule has 1 heterocycles. The molecule has 0 radical (unpaired) electrons. The van der Waals surface area contributed by atoms with Crippen molar-refractivity contribution in [2.24, 2.45) is 0 Å². The van der Waals surface area contributed by atoms with Crippen molar-refractivity contribution >= 4 is 58.5 Å². The molecule has 0 aliphatic heterocycles. The molecule has 5 nitrogen and oxygen atoms in total. The van der Waals surface area contributed by atoms with Crippen LogP contribution >= 0.6 is 31.9 Å². The molecule has 8 heteroatoms. The standard InChI is InChI=1S/C14H9Br2N3O2S/c15-12-8-17-14(13(16)18-12)19-22(20,21)11-7-3-5-9-4-1-2-6-10(9)11/h1-8H,(H,17,19). The second-order valence-electron chi connectivity index (χ2n) is 4.41. The van der Waals surface area contributed by atoms with Gasteiger partial charge in [-0.3, -0.25) is 4.72 Å². The zero-order valence-corrected chi connectivity index (χ0v) is 15.0. The third-order valence-electron chi connectivity index (χ3n) is 2.97. The summed E-state index contributed by atoms with van der Waals surface area (Å²) in [5.74, 6) is 0.135. The Morgan fingerprint density at radius 2 is 1.73 bits per heavy atom. The number of benzene rings is 2. The number of anilines is 1. The molecule has 3 rings (SSSR count). The van der Waals surface area contributed by atoms with Gasteiger partial charge in [0.25, 0.3) is 10.0 Å². The number of fused-ring (bicyclic) bond motifs is 1. The quantitative estimate of drug-likeness (QED) is 0.666. The van der Waals surface area contributed by atoms with Crippen molar-refractivity contribution < 1.29 is 8.42 Å². The van der Waals surface area contributed by atoms with E-state index in [0.717, 1.165) is 5.39 Å². The Balaban J connectivity index is 2.09. The van der Waals surface area contributed by atoms with Crippen molar-refractivity contribution in [1.82, 2.24) is 9.97 Å². The number of aromatic nitrogens is 2. The number of sulfonamides is 1. The molecule has 0 atom stereocenters. The summed E-state index contributed by atoms with van der Waals surface area (Å²) in [4.78, 5) is 8.28. The highest BCUT2D eigenvalue weighted by molar-refractivity contribution is 9.11. The van der Waals surface area contributed by atoms with Gasteiger partial charge in [0.1, 0.15) is 4.60 Å². The van der Waals surface area contributed by atoms with E-state index in [4.69, 9.17) is 0 Å². The maximum absolute atomic E-state index is 12.6. The van der Waals surface area contributed by atoms with Crippen molar-refractivity contribution in [3.63, 3.8) is 0 Å². The fraction of sp³-hybridized carbons (Fsp3) is 0. The molecule has 2 aromatic carbocycles. The minimum absolute atomic E-state index is 0.135. The van der Waals surface area contributed by atoms with Crippen molar-refractivity contribution in [2.45, 2.75) is 4.90 Å². The molecule has 3 aromatic rings. The molecule has 0 aliphatic carbocycles. The average Bonchev–Trinajstić information content (AvgIpc) is 2.49. The van der Waals surface area contributed by atoms with E-state index in [0.29, 0.717) is 14.6 Å². The molecule has 0 unspecified atom stereocenters. The molecule has 0 amide bonds. The van der Waals surface area contributed by atoms with E-state index < -0.39 is 10.0 Å². The van der Waals surface area contributed by atoms with Gasteiger partial charge in [-0.05, 0) is 43.3 Å². The normalized spacial score (nSPS) is 11.5. The summed E-state index contributed by atoms with van der Waals surface area (Å²) < 4.78 is 28.6. The third kappa shape index (κ3) is 2.99. The number of hydrogen-bond acceptors (Lipinski definition) is 4. The van der Waals surface area contributed by atoms with Crippen molar-refractivity contribution in [2.75, 3.05) is 4.72 Å². The lowest BCUT2D eigenvalue weighted by Crippen LogP contribution is -2.15. The van der Waals surface area contributed by atoms with Gasteiger partial charge in [0, 0.05) is 5.39 Å². The van der Waals surface area contributed by atoms with Crippen LogP contribution in [0.15, 0.2) is 62.8 Å². The van der Waals surface area contributed by atoms with Gasteiger partial charge in [0.2, 0.25) is 0 Å². The van der Waals surface area contributed by atoms with Gasteiger partial charge < -0.3 is 0 Å². The van der Waals surface area contributed by atoms with E-state index >= 15 is 0 Å². The van der Waals surface area contributed by atoms with Gasteiger partial charge in [-0.1, -0.05) is 36.4 Å². The SMILES string of the molecule is O=S(=O)(Nc1ncc(Br)nc1Br)c1cccc2ccccc12. The molecule has 0 spiro atoms. The fourth-order valence-electron chi connectivity index (χ4n) is 2.03. The Labute approximate surface area is 144 Å². The van der Waals surface area contributed by atoms with E-state index in [1.54, 1.807) is 24.3 Å². The Hall–Kier alpha value is -1.51. The topological polar surface area (TPSA) is 72.0 Å². The van der Waals surface area contributed by atoms with E-state index in [9.17, 15) is 8.42 Å². The molecule has 0 aliphatic rings. The number of halogens is 2. The van der Waals surface area contributed by atoms with Gasteiger partial charge in [-0.2, -0.15) is 0 Å². The predicted octanol–water partition coefficient (Wildman–Crippen LogP) is 3.96. The minimum atomic E-state index is -3.77. The van der Waals surface area contributed by atoms with Gasteiger partial charge in [-0.15, -0.1) is 0 Å². The van der Waals surface area contributed by atoms with Crippen LogP contribution in [0.2, 0.25) is 0 Å². The Bertz CT molecular complexity index is 956. The summed E-state index contributed by atoms with van der Waals surface area (Å²) in [7, 11) is -3.77. The lowest BCUT2D eigenvalue weighted by molar-refractivity contribution is 0.602. The van der Waals surface area contributed by atoms with Crippen LogP contribution in [-0.2, 0) is 10.0 Å². The first-order valence-electron chi connectivity index (χ1n) is 6.16. The summed E-state index contributed by atoms with van der Waals surface area (Å²) in [5.41, 5.74) is 0. The Morgan fingerprint density at radius 3 is 2.50 bits per heavy atom. The zero-order valence-electron chi connectivity index (χ0n) is 11.0. The number of hydrogen-bond donors (Lipinski definition) is 1. The monoisotopic (exact) mass is 441 g/mol. The highest BCUT2D eigenvalue weighted by Crippen LogP contribution is 2.26. The van der Waals surface area contributed by atoms with Crippen molar-refractivity contribution in [3.8, 4) is 0 Å². The Kier molecular flexibility index (Phi) is 4.16. The summed E-state index contributed by atoms with van der Waals surface area (Å²) in [6.45, 7) is 0. The van der Waals surface area contributed by atoms with Crippen LogP contribution in [0.3, 0.4) is 0 Å². The summed E-state index contributed by atoms with van der Waals surface area (Å²) >= 11 is 6.36. The summed E-state index contributed by atoms with van der Waals surface area (Å²) in [6.07, 6.45) is 1.42. The third-order valence-corrected chi connectivity index (χ3v) is 5.30. The van der Waals surface area contributed by atoms with Crippen molar-refractivity contribution in [1.29, 1.82) is 0 Å². The molecule has 0 bridgehead atoms. The van der Waals surface area contributed by atoms with Crippen LogP contribution < -0.4 is 4.72 Å². The molecule has 0 saturated carbocycles. The highest BCUT2D eigenvalue weighted by atomic mass is 79.9. The first kappa shape index (κ1) is 15.4. The average molecular weight is 443 g/mol. The van der Waals surface area contributed by atoms with Crippen molar-refractivity contribution in [3.05, 3.63) is 57.9 Å². The molecule has 22 heavy (non-hydrogen) atoms. The fourth-order valence-corrected chi connectivity index (χ4v) is 4.32. The van der Waals surface area contributed by atoms with E-state index in [1.165, 1.54) is 6.20 Å². The lowest BCUT2D eigenvalue weighted by atomic mass is 10.1. The van der Waals surface area contributed by atoms with E-state index in [-0.39, 0.29) is 10.7 Å². The van der Waals surface area contributed by atoms with E-state index in [2.05, 4.69) is 46.5 Å². The summed E-state index contributed by atoms with van der Waals surface area (Å²) in [5, 5.41) is 1.50. The van der Waals surface area contributed by atoms with Crippen LogP contribution in [0.4, 0.5) is 5.82 Å². The lowest BCUT2D eigenvalue weighted by Gasteiger charge is -2.10. The molecule has 1 N–H and O–H groups in total. The first-order valence-corrected chi connectivity index (χ1v) is 9.23. The maximum atomic E-state index is 12.6. The second kappa shape index (κ2) is 5.94. The smallest absolute Gasteiger partial charge is 0.261 e. The second-order valence-corrected chi connectivity index (χ2v) is 7.63. The largest absolute Gasteiger partial charge is 0.263 e.